The molecule has 4 nitrogen and oxygen atoms in total. The number of aliphatic hydroxyl groups is 1. The molecule has 5 heteroatoms. The van der Waals surface area contributed by atoms with Crippen LogP contribution in [0.2, 0.25) is 0 Å². The predicted octanol–water partition coefficient (Wildman–Crippen LogP) is 0.470. The van der Waals surface area contributed by atoms with Gasteiger partial charge in [-0.3, -0.25) is 4.90 Å². The summed E-state index contributed by atoms with van der Waals surface area (Å²) >= 11 is 0. The van der Waals surface area contributed by atoms with Crippen LogP contribution in [-0.4, -0.2) is 47.9 Å². The van der Waals surface area contributed by atoms with Crippen molar-refractivity contribution in [3.8, 4) is 5.75 Å². The number of phenols is 1. The highest BCUT2D eigenvalue weighted by Crippen LogP contribution is 2.25. The van der Waals surface area contributed by atoms with Gasteiger partial charge in [-0.2, -0.15) is 0 Å². The zero-order valence-corrected chi connectivity index (χ0v) is 9.56. The van der Waals surface area contributed by atoms with Crippen LogP contribution in [-0.2, 0) is 0 Å². The Morgan fingerprint density at radius 1 is 1.29 bits per heavy atom. The molecule has 94 valence electrons. The molecule has 1 heterocycles. The standard InChI is InChI=1S/C12H17FN2O2/c13-10-5-9(6-11(17)7-10)12(8-16)15-3-1-14-2-4-15/h5-7,12,14,16-17H,1-4,8H2. The summed E-state index contributed by atoms with van der Waals surface area (Å²) in [4.78, 5) is 2.09. The molecule has 0 amide bonds. The quantitative estimate of drug-likeness (QED) is 0.719. The lowest BCUT2D eigenvalue weighted by Crippen LogP contribution is -2.46. The summed E-state index contributed by atoms with van der Waals surface area (Å²) in [7, 11) is 0. The summed E-state index contributed by atoms with van der Waals surface area (Å²) in [6.45, 7) is 3.25. The maximum atomic E-state index is 13.2. The van der Waals surface area contributed by atoms with Crippen molar-refractivity contribution in [3.63, 3.8) is 0 Å². The molecule has 0 aromatic heterocycles. The lowest BCUT2D eigenvalue weighted by molar-refractivity contribution is 0.110. The second kappa shape index (κ2) is 5.44. The molecule has 0 spiro atoms. The van der Waals surface area contributed by atoms with Crippen molar-refractivity contribution in [1.82, 2.24) is 10.2 Å². The lowest BCUT2D eigenvalue weighted by Gasteiger charge is -2.34. The fourth-order valence-corrected chi connectivity index (χ4v) is 2.21. The van der Waals surface area contributed by atoms with Crippen molar-refractivity contribution >= 4 is 0 Å². The molecular formula is C12H17FN2O2. The first-order valence-electron chi connectivity index (χ1n) is 5.76. The minimum absolute atomic E-state index is 0.0805. The number of nitrogens with one attached hydrogen (secondary N) is 1. The highest BCUT2D eigenvalue weighted by molar-refractivity contribution is 5.30. The number of aromatic hydroxyl groups is 1. The molecule has 1 atom stereocenters. The molecule has 0 bridgehead atoms. The number of benzene rings is 1. The summed E-state index contributed by atoms with van der Waals surface area (Å²) in [5, 5.41) is 22.1. The number of rotatable bonds is 3. The van der Waals surface area contributed by atoms with Crippen molar-refractivity contribution in [3.05, 3.63) is 29.6 Å². The van der Waals surface area contributed by atoms with Crippen LogP contribution in [0.1, 0.15) is 11.6 Å². The molecule has 1 saturated heterocycles. The van der Waals surface area contributed by atoms with Gasteiger partial charge in [0, 0.05) is 32.2 Å². The van der Waals surface area contributed by atoms with E-state index in [1.807, 2.05) is 0 Å². The van der Waals surface area contributed by atoms with E-state index < -0.39 is 5.82 Å². The molecule has 1 aliphatic rings. The van der Waals surface area contributed by atoms with Crippen LogP contribution < -0.4 is 5.32 Å². The first kappa shape index (κ1) is 12.3. The van der Waals surface area contributed by atoms with Crippen LogP contribution in [0.15, 0.2) is 18.2 Å². The molecule has 1 aromatic carbocycles. The topological polar surface area (TPSA) is 55.7 Å². The summed E-state index contributed by atoms with van der Waals surface area (Å²) in [5.41, 5.74) is 0.618. The molecular weight excluding hydrogens is 223 g/mol. The van der Waals surface area contributed by atoms with Gasteiger partial charge in [-0.15, -0.1) is 0 Å². The average molecular weight is 240 g/mol. The van der Waals surface area contributed by atoms with Crippen LogP contribution in [0.4, 0.5) is 4.39 Å². The van der Waals surface area contributed by atoms with E-state index in [9.17, 15) is 14.6 Å². The highest BCUT2D eigenvalue weighted by Gasteiger charge is 2.22. The Bertz CT molecular complexity index is 361. The van der Waals surface area contributed by atoms with Crippen molar-refractivity contribution < 1.29 is 14.6 Å². The Kier molecular flexibility index (Phi) is 3.93. The minimum atomic E-state index is -0.478. The number of nitrogens with zero attached hydrogens (tertiary/aromatic N) is 1. The Hall–Kier alpha value is -1.17. The lowest BCUT2D eigenvalue weighted by atomic mass is 10.0. The number of halogens is 1. The summed E-state index contributed by atoms with van der Waals surface area (Å²) in [6, 6.07) is 3.68. The second-order valence-electron chi connectivity index (χ2n) is 4.23. The van der Waals surface area contributed by atoms with Gasteiger partial charge in [-0.25, -0.2) is 4.39 Å². The van der Waals surface area contributed by atoms with E-state index in [1.54, 1.807) is 0 Å². The SMILES string of the molecule is OCC(c1cc(O)cc(F)c1)N1CCNCC1. The number of hydrogen-bond acceptors (Lipinski definition) is 4. The first-order valence-corrected chi connectivity index (χ1v) is 5.76. The van der Waals surface area contributed by atoms with Crippen LogP contribution >= 0.6 is 0 Å². The molecule has 2 rings (SSSR count). The number of piperazine rings is 1. The summed E-state index contributed by atoms with van der Waals surface area (Å²) < 4.78 is 13.2. The van der Waals surface area contributed by atoms with E-state index in [2.05, 4.69) is 10.2 Å². The minimum Gasteiger partial charge on any atom is -0.508 e. The van der Waals surface area contributed by atoms with E-state index in [-0.39, 0.29) is 18.4 Å². The van der Waals surface area contributed by atoms with Crippen molar-refractivity contribution in [2.45, 2.75) is 6.04 Å². The molecule has 0 radical (unpaired) electrons. The molecule has 1 fully saturated rings. The van der Waals surface area contributed by atoms with Gasteiger partial charge in [-0.1, -0.05) is 0 Å². The van der Waals surface area contributed by atoms with Crippen LogP contribution in [0.25, 0.3) is 0 Å². The van der Waals surface area contributed by atoms with Gasteiger partial charge in [0.2, 0.25) is 0 Å². The van der Waals surface area contributed by atoms with E-state index in [0.717, 1.165) is 32.2 Å². The molecule has 1 aliphatic heterocycles. The normalized spacial score (nSPS) is 19.2. The molecule has 17 heavy (non-hydrogen) atoms. The van der Waals surface area contributed by atoms with Gasteiger partial charge < -0.3 is 15.5 Å². The Labute approximate surface area is 99.7 Å². The third kappa shape index (κ3) is 2.94. The Balaban J connectivity index is 2.21. The van der Waals surface area contributed by atoms with Crippen LogP contribution in [0, 0.1) is 5.82 Å². The van der Waals surface area contributed by atoms with Crippen molar-refractivity contribution in [1.29, 1.82) is 0 Å². The second-order valence-corrected chi connectivity index (χ2v) is 4.23. The van der Waals surface area contributed by atoms with Crippen LogP contribution in [0.3, 0.4) is 0 Å². The van der Waals surface area contributed by atoms with E-state index >= 15 is 0 Å². The molecule has 0 aliphatic carbocycles. The zero-order valence-electron chi connectivity index (χ0n) is 9.56. The van der Waals surface area contributed by atoms with Crippen molar-refractivity contribution in [2.75, 3.05) is 32.8 Å². The van der Waals surface area contributed by atoms with E-state index in [1.165, 1.54) is 12.1 Å². The van der Waals surface area contributed by atoms with Gasteiger partial charge in [0.1, 0.15) is 11.6 Å². The fraction of sp³-hybridized carbons (Fsp3) is 0.500. The number of aliphatic hydroxyl groups excluding tert-OH is 1. The number of phenolic OH excluding ortho intramolecular Hbond substituents is 1. The predicted molar refractivity (Wildman–Crippen MR) is 62.3 cm³/mol. The first-order chi connectivity index (χ1) is 8.20. The monoisotopic (exact) mass is 240 g/mol. The van der Waals surface area contributed by atoms with Gasteiger partial charge in [0.05, 0.1) is 12.6 Å². The molecule has 0 saturated carbocycles. The molecule has 1 aromatic rings. The maximum Gasteiger partial charge on any atom is 0.127 e. The van der Waals surface area contributed by atoms with E-state index in [0.29, 0.717) is 5.56 Å². The fourth-order valence-electron chi connectivity index (χ4n) is 2.21. The zero-order chi connectivity index (χ0) is 12.3. The number of hydrogen-bond donors (Lipinski definition) is 3. The van der Waals surface area contributed by atoms with Gasteiger partial charge in [0.15, 0.2) is 0 Å². The van der Waals surface area contributed by atoms with Crippen molar-refractivity contribution in [2.24, 2.45) is 0 Å². The third-order valence-electron chi connectivity index (χ3n) is 3.05. The summed E-state index contributed by atoms with van der Waals surface area (Å²) in [6.07, 6.45) is 0. The highest BCUT2D eigenvalue weighted by atomic mass is 19.1. The Morgan fingerprint density at radius 3 is 2.59 bits per heavy atom. The maximum absolute atomic E-state index is 13.2. The largest absolute Gasteiger partial charge is 0.508 e. The smallest absolute Gasteiger partial charge is 0.127 e. The van der Waals surface area contributed by atoms with Gasteiger partial charge >= 0.3 is 0 Å². The Morgan fingerprint density at radius 2 is 2.00 bits per heavy atom. The average Bonchev–Trinajstić information content (AvgIpc) is 2.30. The molecule has 3 N–H and O–H groups in total. The third-order valence-corrected chi connectivity index (χ3v) is 3.05. The van der Waals surface area contributed by atoms with Crippen LogP contribution in [0.5, 0.6) is 5.75 Å². The van der Waals surface area contributed by atoms with Gasteiger partial charge in [-0.05, 0) is 17.7 Å². The van der Waals surface area contributed by atoms with Gasteiger partial charge in [0.25, 0.3) is 0 Å². The van der Waals surface area contributed by atoms with E-state index in [4.69, 9.17) is 0 Å². The summed E-state index contributed by atoms with van der Waals surface area (Å²) in [5.74, 6) is -0.581. The molecule has 1 unspecified atom stereocenters.